The Kier molecular flexibility index (Phi) is 4.95. The van der Waals surface area contributed by atoms with Gasteiger partial charge in [-0.05, 0) is 6.42 Å². The lowest BCUT2D eigenvalue weighted by Gasteiger charge is -2.24. The number of nitrogens with one attached hydrogen (secondary N) is 1. The van der Waals surface area contributed by atoms with E-state index in [0.29, 0.717) is 13.0 Å². The smallest absolute Gasteiger partial charge is 0.234 e. The number of aliphatic hydroxyl groups is 1. The van der Waals surface area contributed by atoms with E-state index >= 15 is 0 Å². The quantitative estimate of drug-likeness (QED) is 0.543. The highest BCUT2D eigenvalue weighted by Crippen LogP contribution is 2.11. The van der Waals surface area contributed by atoms with Gasteiger partial charge in [0, 0.05) is 18.6 Å². The summed E-state index contributed by atoms with van der Waals surface area (Å²) in [5.74, 6) is -0.337. The molecule has 78 valence electrons. The third-order valence-electron chi connectivity index (χ3n) is 2.01. The molecule has 0 heterocycles. The van der Waals surface area contributed by atoms with Crippen LogP contribution in [-0.4, -0.2) is 30.2 Å². The Morgan fingerprint density at radius 1 is 1.62 bits per heavy atom. The Morgan fingerprint density at radius 3 is 2.46 bits per heavy atom. The van der Waals surface area contributed by atoms with Crippen LogP contribution in [-0.2, 0) is 4.79 Å². The van der Waals surface area contributed by atoms with E-state index in [1.54, 1.807) is 0 Å². The van der Waals surface area contributed by atoms with Crippen LogP contribution in [0.5, 0.6) is 0 Å². The normalized spacial score (nSPS) is 14.2. The summed E-state index contributed by atoms with van der Waals surface area (Å²) >= 11 is 0. The maximum Gasteiger partial charge on any atom is 0.234 e. The number of hydrogen-bond acceptors (Lipinski definition) is 3. The molecule has 0 rings (SSSR count). The summed E-state index contributed by atoms with van der Waals surface area (Å²) in [5.41, 5.74) is 4.95. The largest absolute Gasteiger partial charge is 0.396 e. The van der Waals surface area contributed by atoms with E-state index in [1.807, 2.05) is 20.8 Å². The van der Waals surface area contributed by atoms with Gasteiger partial charge < -0.3 is 16.2 Å². The minimum atomic E-state index is -0.337. The molecular weight excluding hydrogens is 168 g/mol. The first-order valence-corrected chi connectivity index (χ1v) is 4.56. The average molecular weight is 188 g/mol. The number of hydrogen-bond donors (Lipinski definition) is 3. The van der Waals surface area contributed by atoms with Gasteiger partial charge in [0.15, 0.2) is 0 Å². The maximum atomic E-state index is 10.8. The van der Waals surface area contributed by atoms with Crippen LogP contribution in [0.1, 0.15) is 27.2 Å². The third kappa shape index (κ3) is 4.85. The molecule has 1 atom stereocenters. The molecule has 0 aliphatic heterocycles. The Bertz CT molecular complexity index is 169. The highest BCUT2D eigenvalue weighted by atomic mass is 16.3. The van der Waals surface area contributed by atoms with Crippen molar-refractivity contribution in [2.24, 2.45) is 11.1 Å². The number of aliphatic hydroxyl groups excluding tert-OH is 1. The second kappa shape index (κ2) is 5.19. The summed E-state index contributed by atoms with van der Waals surface area (Å²) in [4.78, 5) is 10.8. The Labute approximate surface area is 79.5 Å². The van der Waals surface area contributed by atoms with Gasteiger partial charge in [0.2, 0.25) is 5.91 Å². The summed E-state index contributed by atoms with van der Waals surface area (Å²) in [7, 11) is 0. The summed E-state index contributed by atoms with van der Waals surface area (Å²) in [6.45, 7) is 6.43. The molecule has 13 heavy (non-hydrogen) atoms. The van der Waals surface area contributed by atoms with Crippen LogP contribution in [0.15, 0.2) is 0 Å². The van der Waals surface area contributed by atoms with Gasteiger partial charge >= 0.3 is 0 Å². The second-order valence-corrected chi connectivity index (χ2v) is 4.07. The SMILES string of the molecule is CCC(NCC(C)(C)CO)C(N)=O. The van der Waals surface area contributed by atoms with E-state index < -0.39 is 0 Å². The molecule has 0 fully saturated rings. The molecule has 0 radical (unpaired) electrons. The number of carbonyl (C=O) groups excluding carboxylic acids is 1. The lowest BCUT2D eigenvalue weighted by Crippen LogP contribution is -2.45. The second-order valence-electron chi connectivity index (χ2n) is 4.07. The molecule has 4 N–H and O–H groups in total. The van der Waals surface area contributed by atoms with Crippen molar-refractivity contribution in [2.45, 2.75) is 33.2 Å². The van der Waals surface area contributed by atoms with E-state index in [2.05, 4.69) is 5.32 Å². The van der Waals surface area contributed by atoms with Crippen LogP contribution in [0.2, 0.25) is 0 Å². The molecule has 0 aliphatic carbocycles. The number of amides is 1. The number of nitrogens with two attached hydrogens (primary N) is 1. The molecule has 0 saturated heterocycles. The Morgan fingerprint density at radius 2 is 2.15 bits per heavy atom. The van der Waals surface area contributed by atoms with E-state index in [4.69, 9.17) is 10.8 Å². The van der Waals surface area contributed by atoms with Gasteiger partial charge in [-0.1, -0.05) is 20.8 Å². The maximum absolute atomic E-state index is 10.8. The zero-order valence-corrected chi connectivity index (χ0v) is 8.63. The Hall–Kier alpha value is -0.610. The number of carbonyl (C=O) groups is 1. The van der Waals surface area contributed by atoms with Crippen molar-refractivity contribution in [1.82, 2.24) is 5.32 Å². The van der Waals surface area contributed by atoms with Gasteiger partial charge in [-0.2, -0.15) is 0 Å². The van der Waals surface area contributed by atoms with Crippen LogP contribution in [0.3, 0.4) is 0 Å². The predicted molar refractivity (Wildman–Crippen MR) is 52.1 cm³/mol. The van der Waals surface area contributed by atoms with Gasteiger partial charge in [-0.25, -0.2) is 0 Å². The van der Waals surface area contributed by atoms with Crippen molar-refractivity contribution in [2.75, 3.05) is 13.2 Å². The molecule has 0 saturated carbocycles. The number of primary amides is 1. The average Bonchev–Trinajstić information content (AvgIpc) is 2.05. The van der Waals surface area contributed by atoms with Crippen molar-refractivity contribution in [3.63, 3.8) is 0 Å². The zero-order valence-electron chi connectivity index (χ0n) is 8.63. The topological polar surface area (TPSA) is 75.3 Å². The molecule has 1 unspecified atom stereocenters. The van der Waals surface area contributed by atoms with Gasteiger partial charge in [-0.15, -0.1) is 0 Å². The molecule has 0 bridgehead atoms. The first-order chi connectivity index (χ1) is 5.93. The molecule has 4 heteroatoms. The minimum absolute atomic E-state index is 0.0925. The molecule has 0 aromatic heterocycles. The van der Waals surface area contributed by atoms with Crippen LogP contribution in [0, 0.1) is 5.41 Å². The summed E-state index contributed by atoms with van der Waals surface area (Å²) < 4.78 is 0. The lowest BCUT2D eigenvalue weighted by atomic mass is 9.94. The highest BCUT2D eigenvalue weighted by Gasteiger charge is 2.19. The van der Waals surface area contributed by atoms with Gasteiger partial charge in [0.25, 0.3) is 0 Å². The fraction of sp³-hybridized carbons (Fsp3) is 0.889. The molecule has 4 nitrogen and oxygen atoms in total. The fourth-order valence-electron chi connectivity index (χ4n) is 0.902. The predicted octanol–water partition coefficient (Wildman–Crippen LogP) is -0.142. The van der Waals surface area contributed by atoms with Crippen molar-refractivity contribution in [3.8, 4) is 0 Å². The van der Waals surface area contributed by atoms with Gasteiger partial charge in [0.05, 0.1) is 6.04 Å². The zero-order chi connectivity index (χ0) is 10.5. The van der Waals surface area contributed by atoms with Crippen LogP contribution < -0.4 is 11.1 Å². The molecule has 1 amide bonds. The first kappa shape index (κ1) is 12.4. The van der Waals surface area contributed by atoms with E-state index in [9.17, 15) is 4.79 Å². The van der Waals surface area contributed by atoms with Gasteiger partial charge in [0.1, 0.15) is 0 Å². The van der Waals surface area contributed by atoms with Crippen molar-refractivity contribution >= 4 is 5.91 Å². The number of rotatable bonds is 6. The minimum Gasteiger partial charge on any atom is -0.396 e. The molecule has 0 spiro atoms. The molecule has 0 aromatic rings. The van der Waals surface area contributed by atoms with E-state index in [0.717, 1.165) is 0 Å². The molecular formula is C9H20N2O2. The summed E-state index contributed by atoms with van der Waals surface area (Å²) in [6.07, 6.45) is 0.677. The fourth-order valence-corrected chi connectivity index (χ4v) is 0.902. The van der Waals surface area contributed by atoms with Crippen molar-refractivity contribution < 1.29 is 9.90 Å². The Balaban J connectivity index is 3.92. The van der Waals surface area contributed by atoms with Crippen LogP contribution in [0.4, 0.5) is 0 Å². The van der Waals surface area contributed by atoms with E-state index in [1.165, 1.54) is 0 Å². The first-order valence-electron chi connectivity index (χ1n) is 4.56. The monoisotopic (exact) mass is 188 g/mol. The lowest BCUT2D eigenvalue weighted by molar-refractivity contribution is -0.120. The molecule has 0 aromatic carbocycles. The third-order valence-corrected chi connectivity index (χ3v) is 2.01. The van der Waals surface area contributed by atoms with Gasteiger partial charge in [-0.3, -0.25) is 4.79 Å². The highest BCUT2D eigenvalue weighted by molar-refractivity contribution is 5.79. The van der Waals surface area contributed by atoms with E-state index in [-0.39, 0.29) is 24.0 Å². The molecule has 0 aliphatic rings. The summed E-state index contributed by atoms with van der Waals surface area (Å²) in [5, 5.41) is 12.0. The standard InChI is InChI=1S/C9H20N2O2/c1-4-7(8(10)13)11-5-9(2,3)6-12/h7,11-12H,4-6H2,1-3H3,(H2,10,13). The van der Waals surface area contributed by atoms with Crippen LogP contribution in [0.25, 0.3) is 0 Å². The summed E-state index contributed by atoms with van der Waals surface area (Å²) in [6, 6.07) is -0.286. The van der Waals surface area contributed by atoms with Crippen LogP contribution >= 0.6 is 0 Å². The van der Waals surface area contributed by atoms with Crippen molar-refractivity contribution in [1.29, 1.82) is 0 Å². The van der Waals surface area contributed by atoms with Crippen molar-refractivity contribution in [3.05, 3.63) is 0 Å².